The Morgan fingerprint density at radius 2 is 1.36 bits per heavy atom. The van der Waals surface area contributed by atoms with Gasteiger partial charge in [0.2, 0.25) is 0 Å². The molecule has 0 saturated heterocycles. The number of fused-ring (bicyclic) bond motifs is 4. The van der Waals surface area contributed by atoms with Gasteiger partial charge in [-0.3, -0.25) is 0 Å². The summed E-state index contributed by atoms with van der Waals surface area (Å²) in [7, 11) is 0. The van der Waals surface area contributed by atoms with Crippen molar-refractivity contribution in [2.75, 3.05) is 0 Å². The van der Waals surface area contributed by atoms with Gasteiger partial charge in [-0.05, 0) is 151 Å². The molecule has 0 saturated carbocycles. The summed E-state index contributed by atoms with van der Waals surface area (Å²) in [6, 6.07) is 18.4. The highest BCUT2D eigenvalue weighted by atomic mass is 19.1. The molecule has 47 heavy (non-hydrogen) atoms. The van der Waals surface area contributed by atoms with E-state index in [9.17, 15) is 0 Å². The van der Waals surface area contributed by atoms with E-state index < -0.39 is 0 Å². The Bertz CT molecular complexity index is 2410. The zero-order chi connectivity index (χ0) is 33.2. The quantitative estimate of drug-likeness (QED) is 0.189. The number of allylic oxidation sites excluding steroid dienone is 8. The van der Waals surface area contributed by atoms with Gasteiger partial charge in [0.15, 0.2) is 0 Å². The zero-order valence-electron chi connectivity index (χ0n) is 28.5. The van der Waals surface area contributed by atoms with Crippen LogP contribution in [0.15, 0.2) is 90.5 Å². The van der Waals surface area contributed by atoms with Crippen LogP contribution >= 0.6 is 0 Å². The number of hydrogen-bond donors (Lipinski definition) is 0. The molecule has 0 nitrogen and oxygen atoms in total. The highest BCUT2D eigenvalue weighted by Crippen LogP contribution is 2.48. The fourth-order valence-corrected chi connectivity index (χ4v) is 9.08. The van der Waals surface area contributed by atoms with Gasteiger partial charge in [-0.15, -0.1) is 0 Å². The average molecular weight is 619 g/mol. The van der Waals surface area contributed by atoms with Crippen molar-refractivity contribution in [3.8, 4) is 0 Å². The van der Waals surface area contributed by atoms with Crippen molar-refractivity contribution in [2.45, 2.75) is 66.2 Å². The first-order valence-corrected chi connectivity index (χ1v) is 16.7. The molecule has 1 unspecified atom stereocenters. The maximum atomic E-state index is 15.1. The van der Waals surface area contributed by atoms with E-state index in [0.29, 0.717) is 0 Å². The Labute approximate surface area is 276 Å². The number of hydrogen-bond acceptors (Lipinski definition) is 0. The molecule has 4 aliphatic carbocycles. The molecule has 2 heteroatoms. The normalized spacial score (nSPS) is 19.2. The first-order valence-electron chi connectivity index (χ1n) is 16.7. The van der Waals surface area contributed by atoms with Crippen LogP contribution in [0.3, 0.4) is 0 Å². The van der Waals surface area contributed by atoms with Gasteiger partial charge in [0, 0.05) is 16.7 Å². The molecule has 4 aliphatic rings. The van der Waals surface area contributed by atoms with E-state index in [-0.39, 0.29) is 28.4 Å². The first kappa shape index (κ1) is 29.8. The van der Waals surface area contributed by atoms with Crippen molar-refractivity contribution >= 4 is 28.4 Å². The fraction of sp³-hybridized carbons (Fsp3) is 0.244. The van der Waals surface area contributed by atoms with E-state index in [1.165, 1.54) is 78.2 Å². The maximum Gasteiger partial charge on any atom is 0.123 e. The van der Waals surface area contributed by atoms with Crippen molar-refractivity contribution in [3.63, 3.8) is 0 Å². The molecule has 0 amide bonds. The Morgan fingerprint density at radius 3 is 1.96 bits per heavy atom. The molecule has 0 aromatic heterocycles. The lowest BCUT2D eigenvalue weighted by Crippen LogP contribution is -2.25. The molecule has 0 N–H and O–H groups in total. The van der Waals surface area contributed by atoms with Crippen molar-refractivity contribution < 1.29 is 8.78 Å². The summed E-state index contributed by atoms with van der Waals surface area (Å²) in [5.74, 6) is -0.354. The average Bonchev–Trinajstić information content (AvgIpc) is 3.66. The minimum absolute atomic E-state index is 0.0598. The summed E-state index contributed by atoms with van der Waals surface area (Å²) in [5, 5.41) is 4.59. The number of rotatable bonds is 3. The minimum atomic E-state index is -0.312. The molecular weight excluding hydrogens is 578 g/mol. The van der Waals surface area contributed by atoms with Crippen molar-refractivity contribution in [2.24, 2.45) is 5.92 Å². The second-order valence-corrected chi connectivity index (χ2v) is 15.2. The number of benzene rings is 4. The van der Waals surface area contributed by atoms with Crippen LogP contribution in [-0.2, 0) is 10.8 Å². The van der Waals surface area contributed by atoms with Crippen LogP contribution in [0.25, 0.3) is 28.4 Å². The van der Waals surface area contributed by atoms with Crippen LogP contribution in [-0.4, -0.2) is 0 Å². The van der Waals surface area contributed by atoms with Crippen LogP contribution in [0, 0.1) is 28.0 Å². The summed E-state index contributed by atoms with van der Waals surface area (Å²) in [5.41, 5.74) is 14.7. The van der Waals surface area contributed by atoms with Crippen LogP contribution in [0.1, 0.15) is 99.9 Å². The predicted molar refractivity (Wildman–Crippen MR) is 192 cm³/mol. The van der Waals surface area contributed by atoms with Crippen LogP contribution < -0.4 is 10.4 Å². The molecular formula is C45H40F2. The lowest BCUT2D eigenvalue weighted by atomic mass is 9.76. The van der Waals surface area contributed by atoms with Gasteiger partial charge in [-0.2, -0.15) is 0 Å². The predicted octanol–water partition coefficient (Wildman–Crippen LogP) is 10.0. The van der Waals surface area contributed by atoms with Crippen LogP contribution in [0.2, 0.25) is 0 Å². The van der Waals surface area contributed by atoms with Gasteiger partial charge in [-0.25, -0.2) is 8.78 Å². The second kappa shape index (κ2) is 9.97. The van der Waals surface area contributed by atoms with E-state index in [1.807, 2.05) is 12.1 Å². The monoisotopic (exact) mass is 618 g/mol. The third kappa shape index (κ3) is 4.37. The minimum Gasteiger partial charge on any atom is -0.207 e. The lowest BCUT2D eigenvalue weighted by Gasteiger charge is -2.27. The topological polar surface area (TPSA) is 0 Å². The first-order chi connectivity index (χ1) is 22.2. The Kier molecular flexibility index (Phi) is 6.33. The standard InChI is InChI=1S/C45H40F2/c1-24-15-25(2)34(16-24)41-36-19-30-20-37-33(26(3)22-44(37,5)6)21-35(30)40(36)42(38-27(4)23-45(7,8)43(38)41)39(28-11-9-13-31(46)17-28)29-12-10-14-32(47)18-29/h9-23,25H,1-8H3. The molecule has 0 fully saturated rings. The molecule has 8 rings (SSSR count). The molecule has 0 bridgehead atoms. The molecule has 0 radical (unpaired) electrons. The van der Waals surface area contributed by atoms with E-state index in [0.717, 1.165) is 27.1 Å². The molecule has 0 heterocycles. The molecule has 4 aromatic carbocycles. The second-order valence-electron chi connectivity index (χ2n) is 15.2. The SMILES string of the molecule is CC1=CC(C)C(c2c3c(c(=C(c4cccc(F)c4)c4cccc(F)c4)c4c2C=c2cc5c(cc2=4)C(C)=CC5(C)C)C(C)=CC3(C)C)=C1. The Hall–Kier alpha value is -4.56. The zero-order valence-corrected chi connectivity index (χ0v) is 28.5. The summed E-state index contributed by atoms with van der Waals surface area (Å²) < 4.78 is 30.2. The van der Waals surface area contributed by atoms with Crippen LogP contribution in [0.5, 0.6) is 0 Å². The highest BCUT2D eigenvalue weighted by Gasteiger charge is 2.38. The maximum absolute atomic E-state index is 15.1. The van der Waals surface area contributed by atoms with Gasteiger partial charge < -0.3 is 0 Å². The van der Waals surface area contributed by atoms with E-state index >= 15 is 8.78 Å². The molecule has 4 aromatic rings. The van der Waals surface area contributed by atoms with Crippen molar-refractivity contribution in [1.29, 1.82) is 0 Å². The third-order valence-corrected chi connectivity index (χ3v) is 10.8. The van der Waals surface area contributed by atoms with Gasteiger partial charge in [0.1, 0.15) is 11.6 Å². The molecule has 1 atom stereocenters. The van der Waals surface area contributed by atoms with E-state index in [1.54, 1.807) is 24.3 Å². The van der Waals surface area contributed by atoms with Gasteiger partial charge >= 0.3 is 0 Å². The Balaban J connectivity index is 1.72. The van der Waals surface area contributed by atoms with Gasteiger partial charge in [-0.1, -0.05) is 88.8 Å². The highest BCUT2D eigenvalue weighted by molar-refractivity contribution is 5.93. The van der Waals surface area contributed by atoms with Crippen LogP contribution in [0.4, 0.5) is 8.78 Å². The van der Waals surface area contributed by atoms with E-state index in [2.05, 4.69) is 97.9 Å². The third-order valence-electron chi connectivity index (χ3n) is 10.8. The summed E-state index contributed by atoms with van der Waals surface area (Å²) >= 11 is 0. The largest absolute Gasteiger partial charge is 0.207 e. The van der Waals surface area contributed by atoms with Crippen molar-refractivity contribution in [3.05, 3.63) is 168 Å². The number of halogens is 2. The lowest BCUT2D eigenvalue weighted by molar-refractivity contribution is 0.627. The molecule has 0 spiro atoms. The van der Waals surface area contributed by atoms with Gasteiger partial charge in [0.25, 0.3) is 0 Å². The Morgan fingerprint density at radius 1 is 0.723 bits per heavy atom. The van der Waals surface area contributed by atoms with Crippen molar-refractivity contribution in [1.82, 2.24) is 0 Å². The molecule has 0 aliphatic heterocycles. The summed E-state index contributed by atoms with van der Waals surface area (Å²) in [6.45, 7) is 18.1. The van der Waals surface area contributed by atoms with E-state index in [4.69, 9.17) is 0 Å². The fourth-order valence-electron chi connectivity index (χ4n) is 9.08. The van der Waals surface area contributed by atoms with Gasteiger partial charge in [0.05, 0.1) is 0 Å². The summed E-state index contributed by atoms with van der Waals surface area (Å²) in [6.07, 6.45) is 11.9. The molecule has 234 valence electrons. The smallest absolute Gasteiger partial charge is 0.123 e. The summed E-state index contributed by atoms with van der Waals surface area (Å²) in [4.78, 5) is 0.